The minimum atomic E-state index is -4.57. The fraction of sp³-hybridized carbons (Fsp3) is 0.588. The van der Waals surface area contributed by atoms with Gasteiger partial charge >= 0.3 is 6.18 Å². The van der Waals surface area contributed by atoms with Crippen LogP contribution in [-0.2, 0) is 24.1 Å². The first-order chi connectivity index (χ1) is 12.6. The van der Waals surface area contributed by atoms with E-state index in [0.29, 0.717) is 5.69 Å². The molecule has 1 fully saturated rings. The summed E-state index contributed by atoms with van der Waals surface area (Å²) >= 11 is 3.05. The number of aryl methyl sites for hydroxylation is 2. The highest BCUT2D eigenvalue weighted by atomic mass is 79.9. The fourth-order valence-corrected chi connectivity index (χ4v) is 3.77. The lowest BCUT2D eigenvalue weighted by molar-refractivity contribution is -0.142. The van der Waals surface area contributed by atoms with Crippen molar-refractivity contribution < 1.29 is 18.0 Å². The Kier molecular flexibility index (Phi) is 5.38. The third-order valence-electron chi connectivity index (χ3n) is 4.69. The summed E-state index contributed by atoms with van der Waals surface area (Å²) in [5.74, 6) is -0.382. The summed E-state index contributed by atoms with van der Waals surface area (Å²) in [6.45, 7) is 6.36. The lowest BCUT2D eigenvalue weighted by atomic mass is 10.2. The second-order valence-corrected chi connectivity index (χ2v) is 7.55. The minimum Gasteiger partial charge on any atom is -0.350 e. The molecule has 1 unspecified atom stereocenters. The van der Waals surface area contributed by atoms with Crippen molar-refractivity contribution in [2.45, 2.75) is 64.8 Å². The first-order valence-electron chi connectivity index (χ1n) is 8.79. The van der Waals surface area contributed by atoms with Gasteiger partial charge in [-0.2, -0.15) is 23.4 Å². The summed E-state index contributed by atoms with van der Waals surface area (Å²) in [5, 5.41) is 10.8. The predicted octanol–water partition coefficient (Wildman–Crippen LogP) is 3.94. The molecule has 2 aromatic rings. The second-order valence-electron chi connectivity index (χ2n) is 6.75. The number of amides is 1. The molecule has 0 bridgehead atoms. The summed E-state index contributed by atoms with van der Waals surface area (Å²) in [5.41, 5.74) is 1.14. The average molecular weight is 448 g/mol. The van der Waals surface area contributed by atoms with Crippen molar-refractivity contribution in [3.63, 3.8) is 0 Å². The fourth-order valence-electron chi connectivity index (χ4n) is 2.96. The number of aromatic nitrogens is 4. The molecule has 1 aliphatic rings. The Morgan fingerprint density at radius 3 is 2.59 bits per heavy atom. The summed E-state index contributed by atoms with van der Waals surface area (Å²) in [6.07, 6.45) is -1.13. The molecule has 0 radical (unpaired) electrons. The first kappa shape index (κ1) is 19.9. The van der Waals surface area contributed by atoms with E-state index in [9.17, 15) is 18.0 Å². The molecule has 2 aromatic heterocycles. The summed E-state index contributed by atoms with van der Waals surface area (Å²) in [7, 11) is 0. The molecule has 1 saturated carbocycles. The number of hydrogen-bond acceptors (Lipinski definition) is 3. The van der Waals surface area contributed by atoms with Crippen LogP contribution >= 0.6 is 15.9 Å². The minimum absolute atomic E-state index is 0.00301. The molecule has 148 valence electrons. The quantitative estimate of drug-likeness (QED) is 0.728. The molecule has 2 heterocycles. The molecule has 1 aliphatic carbocycles. The molecule has 0 saturated heterocycles. The number of hydrogen-bond donors (Lipinski definition) is 1. The number of nitrogens with one attached hydrogen (secondary N) is 1. The van der Waals surface area contributed by atoms with Gasteiger partial charge in [0.05, 0.1) is 15.9 Å². The van der Waals surface area contributed by atoms with E-state index < -0.39 is 17.9 Å². The van der Waals surface area contributed by atoms with Crippen molar-refractivity contribution in [1.29, 1.82) is 0 Å². The molecule has 3 rings (SSSR count). The Bertz CT molecular complexity index is 854. The van der Waals surface area contributed by atoms with Crippen LogP contribution in [0.3, 0.4) is 0 Å². The van der Waals surface area contributed by atoms with Crippen LogP contribution in [0, 0.1) is 6.92 Å². The topological polar surface area (TPSA) is 64.7 Å². The maximum Gasteiger partial charge on any atom is 0.436 e. The van der Waals surface area contributed by atoms with Gasteiger partial charge in [-0.1, -0.05) is 0 Å². The molecular formula is C17H21BrF3N5O. The monoisotopic (exact) mass is 447 g/mol. The van der Waals surface area contributed by atoms with Crippen molar-refractivity contribution in [2.75, 3.05) is 0 Å². The van der Waals surface area contributed by atoms with Crippen molar-refractivity contribution in [2.24, 2.45) is 0 Å². The number of carbonyl (C=O) groups is 1. The number of rotatable bonds is 6. The van der Waals surface area contributed by atoms with Gasteiger partial charge in [-0.3, -0.25) is 14.2 Å². The first-order valence-corrected chi connectivity index (χ1v) is 9.58. The van der Waals surface area contributed by atoms with Gasteiger partial charge in [0, 0.05) is 30.8 Å². The molecule has 1 atom stereocenters. The maximum absolute atomic E-state index is 13.2. The van der Waals surface area contributed by atoms with Crippen LogP contribution in [0.5, 0.6) is 0 Å². The highest BCUT2D eigenvalue weighted by molar-refractivity contribution is 9.10. The lowest BCUT2D eigenvalue weighted by Crippen LogP contribution is -2.32. The van der Waals surface area contributed by atoms with Gasteiger partial charge in [-0.25, -0.2) is 0 Å². The van der Waals surface area contributed by atoms with Crippen LogP contribution in [0.2, 0.25) is 0 Å². The molecule has 27 heavy (non-hydrogen) atoms. The zero-order valence-corrected chi connectivity index (χ0v) is 16.9. The Balaban J connectivity index is 1.79. The van der Waals surface area contributed by atoms with Gasteiger partial charge in [-0.15, -0.1) is 0 Å². The Morgan fingerprint density at radius 1 is 1.41 bits per heavy atom. The van der Waals surface area contributed by atoms with Crippen LogP contribution in [0.1, 0.15) is 61.3 Å². The molecule has 0 aromatic carbocycles. The second kappa shape index (κ2) is 7.29. The third kappa shape index (κ3) is 4.04. The highest BCUT2D eigenvalue weighted by Crippen LogP contribution is 2.47. The number of carbonyl (C=O) groups excluding carboxylic acids is 1. The van der Waals surface area contributed by atoms with Crippen molar-refractivity contribution >= 4 is 21.8 Å². The molecule has 6 nitrogen and oxygen atoms in total. The van der Waals surface area contributed by atoms with E-state index in [1.165, 1.54) is 4.68 Å². The summed E-state index contributed by atoms with van der Waals surface area (Å²) in [6, 6.07) is -0.852. The van der Waals surface area contributed by atoms with E-state index in [1.54, 1.807) is 11.6 Å². The van der Waals surface area contributed by atoms with Crippen molar-refractivity contribution in [3.05, 3.63) is 33.3 Å². The van der Waals surface area contributed by atoms with Crippen LogP contribution in [-0.4, -0.2) is 25.5 Å². The molecule has 0 aliphatic heterocycles. The smallest absolute Gasteiger partial charge is 0.350 e. The van der Waals surface area contributed by atoms with Crippen LogP contribution in [0.25, 0.3) is 0 Å². The third-order valence-corrected chi connectivity index (χ3v) is 5.47. The van der Waals surface area contributed by atoms with E-state index in [0.717, 1.165) is 30.6 Å². The molecule has 0 spiro atoms. The highest BCUT2D eigenvalue weighted by Gasteiger charge is 2.43. The lowest BCUT2D eigenvalue weighted by Gasteiger charge is -2.15. The van der Waals surface area contributed by atoms with E-state index in [2.05, 4.69) is 31.4 Å². The Hall–Kier alpha value is -1.84. The largest absolute Gasteiger partial charge is 0.436 e. The zero-order chi connectivity index (χ0) is 19.9. The van der Waals surface area contributed by atoms with Gasteiger partial charge in [0.2, 0.25) is 5.91 Å². The van der Waals surface area contributed by atoms with E-state index in [1.807, 2.05) is 20.0 Å². The Morgan fingerprint density at radius 2 is 2.07 bits per heavy atom. The maximum atomic E-state index is 13.2. The molecule has 1 amide bonds. The normalized spacial score (nSPS) is 15.8. The van der Waals surface area contributed by atoms with E-state index in [-0.39, 0.29) is 22.8 Å². The van der Waals surface area contributed by atoms with Crippen LogP contribution in [0.4, 0.5) is 13.2 Å². The van der Waals surface area contributed by atoms with Gasteiger partial charge in [0.15, 0.2) is 5.69 Å². The summed E-state index contributed by atoms with van der Waals surface area (Å²) in [4.78, 5) is 12.6. The summed E-state index contributed by atoms with van der Waals surface area (Å²) < 4.78 is 42.6. The van der Waals surface area contributed by atoms with Gasteiger partial charge in [-0.05, 0) is 49.5 Å². The average Bonchev–Trinajstić information content (AvgIpc) is 3.27. The zero-order valence-electron chi connectivity index (χ0n) is 15.3. The van der Waals surface area contributed by atoms with Gasteiger partial charge in [0.1, 0.15) is 6.04 Å². The van der Waals surface area contributed by atoms with E-state index >= 15 is 0 Å². The van der Waals surface area contributed by atoms with Gasteiger partial charge in [0.25, 0.3) is 0 Å². The van der Waals surface area contributed by atoms with Crippen molar-refractivity contribution in [1.82, 2.24) is 24.9 Å². The van der Waals surface area contributed by atoms with Crippen LogP contribution < -0.4 is 5.32 Å². The van der Waals surface area contributed by atoms with Crippen LogP contribution in [0.15, 0.2) is 10.7 Å². The molecule has 1 N–H and O–H groups in total. The van der Waals surface area contributed by atoms with E-state index in [4.69, 9.17) is 0 Å². The van der Waals surface area contributed by atoms with Crippen molar-refractivity contribution in [3.8, 4) is 0 Å². The number of halogens is 4. The molecular weight excluding hydrogens is 427 g/mol. The number of nitrogens with zero attached hydrogens (tertiary/aromatic N) is 4. The Labute approximate surface area is 163 Å². The number of alkyl halides is 3. The standard InChI is InChI=1S/C17H21BrF3N5O/c1-4-25-8-12(9(2)23-25)7-22-16(27)10(3)26-14(11-5-6-11)13(18)15(24-26)17(19,20)21/h8,10-11H,4-7H2,1-3H3,(H,22,27). The predicted molar refractivity (Wildman–Crippen MR) is 96.1 cm³/mol. The SMILES string of the molecule is CCn1cc(CNC(=O)C(C)n2nc(C(F)(F)F)c(Br)c2C2CC2)c(C)n1. The van der Waals surface area contributed by atoms with Gasteiger partial charge < -0.3 is 5.32 Å². The molecule has 10 heteroatoms.